The lowest BCUT2D eigenvalue weighted by Gasteiger charge is -2.13. The van der Waals surface area contributed by atoms with Gasteiger partial charge in [-0.1, -0.05) is 110 Å². The molecule has 0 fully saturated rings. The molecule has 0 aliphatic carbocycles. The molecule has 0 radical (unpaired) electrons. The van der Waals surface area contributed by atoms with Crippen LogP contribution in [0.3, 0.4) is 0 Å². The predicted molar refractivity (Wildman–Crippen MR) is 194 cm³/mol. The smallest absolute Gasteiger partial charge is 0.0500 e. The lowest BCUT2D eigenvalue weighted by Crippen LogP contribution is -2.00. The van der Waals surface area contributed by atoms with E-state index in [9.17, 15) is 0 Å². The van der Waals surface area contributed by atoms with E-state index in [-0.39, 0.29) is 0 Å². The number of para-hydroxylation sites is 1. The summed E-state index contributed by atoms with van der Waals surface area (Å²) >= 11 is 0. The summed E-state index contributed by atoms with van der Waals surface area (Å²) in [5.74, 6) is 0. The van der Waals surface area contributed by atoms with E-state index >= 15 is 0 Å². The Morgan fingerprint density at radius 1 is 0.727 bits per heavy atom. The molecule has 218 valence electrons. The van der Waals surface area contributed by atoms with Gasteiger partial charge in [-0.15, -0.1) is 0 Å². The second-order valence-corrected chi connectivity index (χ2v) is 10.8. The summed E-state index contributed by atoms with van der Waals surface area (Å²) in [6.45, 7) is 14.9. The molecule has 1 aromatic heterocycles. The summed E-state index contributed by atoms with van der Waals surface area (Å²) in [5, 5.41) is 5.71. The molecule has 2 heteroatoms. The van der Waals surface area contributed by atoms with Gasteiger partial charge in [-0.2, -0.15) is 0 Å². The monoisotopic (exact) mass is 572 g/mol. The number of hydrogen-bond donors (Lipinski definition) is 1. The van der Waals surface area contributed by atoms with Gasteiger partial charge in [0.05, 0.1) is 0 Å². The van der Waals surface area contributed by atoms with Crippen LogP contribution in [0.5, 0.6) is 0 Å². The number of hydrogen-bond acceptors (Lipinski definition) is 1. The molecule has 2 nitrogen and oxygen atoms in total. The van der Waals surface area contributed by atoms with Gasteiger partial charge in [-0.25, -0.2) is 0 Å². The van der Waals surface area contributed by atoms with Gasteiger partial charge >= 0.3 is 0 Å². The highest BCUT2D eigenvalue weighted by molar-refractivity contribution is 5.97. The minimum atomic E-state index is 1.03. The highest BCUT2D eigenvalue weighted by atomic mass is 15.0. The summed E-state index contributed by atoms with van der Waals surface area (Å²) in [6, 6.07) is 34.0. The average molecular weight is 573 g/mol. The molecule has 0 unspecified atom stereocenters. The fourth-order valence-corrected chi connectivity index (χ4v) is 5.68. The second-order valence-electron chi connectivity index (χ2n) is 10.8. The average Bonchev–Trinajstić information content (AvgIpc) is 3.30. The first kappa shape index (κ1) is 30.1. The Kier molecular flexibility index (Phi) is 9.42. The Morgan fingerprint density at radius 2 is 1.41 bits per heavy atom. The summed E-state index contributed by atoms with van der Waals surface area (Å²) in [4.78, 5) is 0. The molecule has 5 aromatic rings. The Labute approximate surface area is 262 Å². The van der Waals surface area contributed by atoms with Crippen molar-refractivity contribution >= 4 is 39.8 Å². The summed E-state index contributed by atoms with van der Waals surface area (Å²) < 4.78 is 2.35. The quantitative estimate of drug-likeness (QED) is 0.165. The van der Waals surface area contributed by atoms with Gasteiger partial charge in [0.15, 0.2) is 0 Å². The van der Waals surface area contributed by atoms with E-state index in [2.05, 4.69) is 171 Å². The third kappa shape index (κ3) is 6.21. The van der Waals surface area contributed by atoms with Crippen LogP contribution in [0.4, 0.5) is 5.69 Å². The number of rotatable bonds is 10. The maximum Gasteiger partial charge on any atom is 0.0500 e. The molecule has 0 saturated carbocycles. The van der Waals surface area contributed by atoms with Crippen LogP contribution in [0.2, 0.25) is 0 Å². The first-order chi connectivity index (χ1) is 21.5. The molecule has 1 heterocycles. The van der Waals surface area contributed by atoms with Crippen molar-refractivity contribution in [2.24, 2.45) is 0 Å². The largest absolute Gasteiger partial charge is 0.388 e. The van der Waals surface area contributed by atoms with Gasteiger partial charge < -0.3 is 9.88 Å². The fourth-order valence-electron chi connectivity index (χ4n) is 5.68. The molecule has 0 aliphatic heterocycles. The molecule has 4 aromatic carbocycles. The Morgan fingerprint density at radius 3 is 2.11 bits per heavy atom. The maximum atomic E-state index is 4.23. The Bertz CT molecular complexity index is 1940. The minimum absolute atomic E-state index is 1.03. The molecule has 44 heavy (non-hydrogen) atoms. The highest BCUT2D eigenvalue weighted by Crippen LogP contribution is 2.33. The molecule has 0 spiro atoms. The van der Waals surface area contributed by atoms with Crippen molar-refractivity contribution in [2.75, 3.05) is 12.4 Å². The number of nitrogens with zero attached hydrogens (tertiary/aromatic N) is 1. The van der Waals surface area contributed by atoms with Crippen LogP contribution >= 0.6 is 0 Å². The zero-order valence-corrected chi connectivity index (χ0v) is 26.1. The van der Waals surface area contributed by atoms with Crippen molar-refractivity contribution in [1.29, 1.82) is 0 Å². The SMILES string of the molecule is C=CC(=C\c1c(C)c(C)c(/C=C(\C=C)c2cccc(NC)c2)n1-c1ccccc1)/C=C(\C=C/C)c1cccc2ccccc12. The van der Waals surface area contributed by atoms with Crippen LogP contribution in [-0.4, -0.2) is 11.6 Å². The topological polar surface area (TPSA) is 17.0 Å². The maximum absolute atomic E-state index is 4.23. The second kappa shape index (κ2) is 13.8. The van der Waals surface area contributed by atoms with Crippen molar-refractivity contribution in [2.45, 2.75) is 20.8 Å². The minimum Gasteiger partial charge on any atom is -0.388 e. The van der Waals surface area contributed by atoms with E-state index in [1.807, 2.05) is 19.2 Å². The lowest BCUT2D eigenvalue weighted by molar-refractivity contribution is 1.04. The number of benzene rings is 4. The van der Waals surface area contributed by atoms with E-state index in [1.54, 1.807) is 0 Å². The van der Waals surface area contributed by atoms with Crippen molar-refractivity contribution in [3.63, 3.8) is 0 Å². The predicted octanol–water partition coefficient (Wildman–Crippen LogP) is 11.2. The molecular formula is C42H40N2. The molecule has 0 bridgehead atoms. The molecular weight excluding hydrogens is 532 g/mol. The first-order valence-electron chi connectivity index (χ1n) is 15.0. The molecule has 0 aliphatic rings. The highest BCUT2D eigenvalue weighted by Gasteiger charge is 2.17. The van der Waals surface area contributed by atoms with Crippen LogP contribution in [0.25, 0.3) is 39.8 Å². The summed E-state index contributed by atoms with van der Waals surface area (Å²) in [5.41, 5.74) is 12.4. The Hall–Kier alpha value is -5.34. The fraction of sp³-hybridized carbons (Fsp3) is 0.0952. The van der Waals surface area contributed by atoms with Crippen molar-refractivity contribution in [3.8, 4) is 5.69 Å². The van der Waals surface area contributed by atoms with Crippen LogP contribution in [0, 0.1) is 13.8 Å². The molecule has 0 amide bonds. The lowest BCUT2D eigenvalue weighted by atomic mass is 9.96. The number of anilines is 1. The van der Waals surface area contributed by atoms with E-state index in [0.717, 1.165) is 45.0 Å². The zero-order valence-electron chi connectivity index (χ0n) is 26.1. The standard InChI is InChI=1S/C42H40N2/c1-7-17-36(40-25-16-19-34-18-13-14-24-39(34)40)26-32(8-2)27-41-30(4)31(5)42(44(41)38-22-11-10-12-23-38)29-33(9-3)35-20-15-21-37(28-35)43-6/h7-29,43H,2-3H2,1,4-6H3/b17-7-,32-27+,33-29+,36-26+. The van der Waals surface area contributed by atoms with Crippen LogP contribution in [-0.2, 0) is 0 Å². The van der Waals surface area contributed by atoms with Crippen molar-refractivity contribution < 1.29 is 0 Å². The van der Waals surface area contributed by atoms with Gasteiger partial charge in [0.25, 0.3) is 0 Å². The van der Waals surface area contributed by atoms with E-state index in [1.165, 1.54) is 27.5 Å². The van der Waals surface area contributed by atoms with Crippen LogP contribution < -0.4 is 5.32 Å². The molecule has 1 N–H and O–H groups in total. The third-order valence-corrected chi connectivity index (χ3v) is 8.13. The van der Waals surface area contributed by atoms with Crippen LogP contribution in [0.15, 0.2) is 146 Å². The molecule has 5 rings (SSSR count). The number of nitrogens with one attached hydrogen (secondary N) is 1. The Balaban J connectivity index is 1.73. The van der Waals surface area contributed by atoms with Gasteiger partial charge in [0, 0.05) is 29.8 Å². The van der Waals surface area contributed by atoms with E-state index in [0.29, 0.717) is 0 Å². The van der Waals surface area contributed by atoms with Crippen molar-refractivity contribution in [3.05, 3.63) is 180 Å². The van der Waals surface area contributed by atoms with Crippen molar-refractivity contribution in [1.82, 2.24) is 4.57 Å². The number of aromatic nitrogens is 1. The molecule has 0 saturated heterocycles. The van der Waals surface area contributed by atoms with Gasteiger partial charge in [0.2, 0.25) is 0 Å². The normalized spacial score (nSPS) is 12.6. The van der Waals surface area contributed by atoms with E-state index in [4.69, 9.17) is 0 Å². The van der Waals surface area contributed by atoms with Gasteiger partial charge in [-0.3, -0.25) is 0 Å². The summed E-state index contributed by atoms with van der Waals surface area (Å²) in [6.07, 6.45) is 14.9. The first-order valence-corrected chi connectivity index (χ1v) is 15.0. The van der Waals surface area contributed by atoms with E-state index < -0.39 is 0 Å². The van der Waals surface area contributed by atoms with Crippen LogP contribution in [0.1, 0.15) is 40.6 Å². The zero-order chi connectivity index (χ0) is 31.1. The summed E-state index contributed by atoms with van der Waals surface area (Å²) in [7, 11) is 1.94. The number of fused-ring (bicyclic) bond motifs is 1. The third-order valence-electron chi connectivity index (χ3n) is 8.13. The number of allylic oxidation sites excluding steroid dienone is 8. The molecule has 0 atom stereocenters. The van der Waals surface area contributed by atoms with Gasteiger partial charge in [0.1, 0.15) is 0 Å². The van der Waals surface area contributed by atoms with Gasteiger partial charge in [-0.05, 0) is 113 Å².